The van der Waals surface area contributed by atoms with Gasteiger partial charge in [0.15, 0.2) is 11.2 Å². The summed E-state index contributed by atoms with van der Waals surface area (Å²) in [5.41, 5.74) is 0.768. The van der Waals surface area contributed by atoms with E-state index < -0.39 is 22.9 Å². The van der Waals surface area contributed by atoms with Gasteiger partial charge in [0, 0.05) is 19.2 Å². The van der Waals surface area contributed by atoms with E-state index in [0.717, 1.165) is 39.2 Å². The van der Waals surface area contributed by atoms with Crippen LogP contribution in [0.2, 0.25) is 0 Å². The largest absolute Gasteiger partial charge is 0.376 e. The number of aromatic nitrogens is 4. The van der Waals surface area contributed by atoms with E-state index in [9.17, 15) is 18.4 Å². The van der Waals surface area contributed by atoms with Crippen LogP contribution in [0.5, 0.6) is 0 Å². The molecular weight excluding hydrogens is 430 g/mol. The third kappa shape index (κ3) is 3.89. The van der Waals surface area contributed by atoms with Gasteiger partial charge in [0.25, 0.3) is 5.56 Å². The van der Waals surface area contributed by atoms with E-state index in [1.54, 1.807) is 4.57 Å². The van der Waals surface area contributed by atoms with Crippen LogP contribution in [0.1, 0.15) is 24.0 Å². The predicted molar refractivity (Wildman–Crippen MR) is 119 cm³/mol. The predicted octanol–water partition coefficient (Wildman–Crippen LogP) is 3.16. The Bertz CT molecular complexity index is 1470. The smallest absolute Gasteiger partial charge is 0.337 e. The molecule has 3 heterocycles. The number of hydrogen-bond donors (Lipinski definition) is 0. The first-order valence-corrected chi connectivity index (χ1v) is 10.8. The summed E-state index contributed by atoms with van der Waals surface area (Å²) in [7, 11) is 0. The highest BCUT2D eigenvalue weighted by atomic mass is 19.1. The van der Waals surface area contributed by atoms with Crippen LogP contribution in [0.3, 0.4) is 0 Å². The molecule has 2 aromatic carbocycles. The van der Waals surface area contributed by atoms with Gasteiger partial charge in [0.2, 0.25) is 0 Å². The summed E-state index contributed by atoms with van der Waals surface area (Å²) >= 11 is 0. The fourth-order valence-corrected chi connectivity index (χ4v) is 4.34. The van der Waals surface area contributed by atoms with Crippen molar-refractivity contribution in [2.45, 2.75) is 39.0 Å². The highest BCUT2D eigenvalue weighted by Gasteiger charge is 2.24. The summed E-state index contributed by atoms with van der Waals surface area (Å²) in [6, 6.07) is 10.8. The molecule has 1 aliphatic rings. The van der Waals surface area contributed by atoms with Crippen LogP contribution in [-0.4, -0.2) is 31.4 Å². The normalized spacial score (nSPS) is 16.0. The lowest BCUT2D eigenvalue weighted by atomic mass is 10.1. The van der Waals surface area contributed by atoms with Crippen LogP contribution < -0.4 is 11.2 Å². The van der Waals surface area contributed by atoms with Gasteiger partial charge in [0.05, 0.1) is 24.7 Å². The Kier molecular flexibility index (Phi) is 5.41. The van der Waals surface area contributed by atoms with Crippen LogP contribution >= 0.6 is 0 Å². The molecule has 0 amide bonds. The van der Waals surface area contributed by atoms with Crippen molar-refractivity contribution in [2.75, 3.05) is 6.61 Å². The molecule has 0 unspecified atom stereocenters. The van der Waals surface area contributed by atoms with Gasteiger partial charge >= 0.3 is 5.69 Å². The Morgan fingerprint density at radius 2 is 2.00 bits per heavy atom. The first-order valence-electron chi connectivity index (χ1n) is 10.8. The number of rotatable bonds is 5. The van der Waals surface area contributed by atoms with Gasteiger partial charge in [-0.2, -0.15) is 0 Å². The van der Waals surface area contributed by atoms with Crippen LogP contribution in [0.15, 0.2) is 58.4 Å². The number of imidazole rings is 1. The van der Waals surface area contributed by atoms with E-state index in [1.165, 1.54) is 12.4 Å². The number of hydrogen-bond acceptors (Lipinski definition) is 4. The molecule has 1 saturated heterocycles. The minimum absolute atomic E-state index is 0.0201. The second kappa shape index (κ2) is 8.40. The van der Waals surface area contributed by atoms with Crippen LogP contribution in [-0.2, 0) is 17.8 Å². The van der Waals surface area contributed by atoms with Crippen LogP contribution in [0, 0.1) is 18.6 Å². The molecule has 0 spiro atoms. The Hall–Kier alpha value is -3.59. The standard InChI is InChI=1S/C24H22F2N4O3/c1-15-4-2-5-16(10-15)12-28-14-27-22-21(28)23(31)29(13-18-6-3-9-33-18)24(32)30(22)20-8-7-17(25)11-19(20)26/h2,4-5,7-8,10-11,14,18H,3,6,9,12-13H2,1H3/t18-/m1/s1. The minimum Gasteiger partial charge on any atom is -0.376 e. The summed E-state index contributed by atoms with van der Waals surface area (Å²) in [6.45, 7) is 2.93. The second-order valence-corrected chi connectivity index (χ2v) is 8.30. The van der Waals surface area contributed by atoms with Crippen molar-refractivity contribution in [1.29, 1.82) is 0 Å². The fraction of sp³-hybridized carbons (Fsp3) is 0.292. The van der Waals surface area contributed by atoms with Gasteiger partial charge in [-0.3, -0.25) is 9.36 Å². The number of fused-ring (bicyclic) bond motifs is 1. The van der Waals surface area contributed by atoms with Crippen molar-refractivity contribution in [1.82, 2.24) is 18.7 Å². The third-order valence-corrected chi connectivity index (χ3v) is 5.90. The Morgan fingerprint density at radius 3 is 2.73 bits per heavy atom. The quantitative estimate of drug-likeness (QED) is 0.467. The molecule has 1 fully saturated rings. The lowest BCUT2D eigenvalue weighted by molar-refractivity contribution is 0.0950. The molecule has 1 atom stereocenters. The van der Waals surface area contributed by atoms with E-state index in [0.29, 0.717) is 19.2 Å². The number of aryl methyl sites for hydroxylation is 1. The molecule has 4 aromatic rings. The van der Waals surface area contributed by atoms with Crippen molar-refractivity contribution in [2.24, 2.45) is 0 Å². The number of halogens is 2. The Balaban J connectivity index is 1.75. The lowest BCUT2D eigenvalue weighted by Gasteiger charge is -2.15. The SMILES string of the molecule is Cc1cccc(Cn2cnc3c2c(=O)n(C[C@H]2CCCO2)c(=O)n3-c2ccc(F)cc2F)c1. The maximum atomic E-state index is 14.7. The highest BCUT2D eigenvalue weighted by Crippen LogP contribution is 2.19. The summed E-state index contributed by atoms with van der Waals surface area (Å²) < 4.78 is 37.7. The molecule has 1 aliphatic heterocycles. The van der Waals surface area contributed by atoms with Crippen molar-refractivity contribution in [3.8, 4) is 5.69 Å². The summed E-state index contributed by atoms with van der Waals surface area (Å²) in [5.74, 6) is -1.69. The average Bonchev–Trinajstić information content (AvgIpc) is 3.43. The molecule has 2 aromatic heterocycles. The van der Waals surface area contributed by atoms with Crippen molar-refractivity contribution in [3.63, 3.8) is 0 Å². The summed E-state index contributed by atoms with van der Waals surface area (Å²) in [6.07, 6.45) is 2.74. The average molecular weight is 452 g/mol. The monoisotopic (exact) mass is 452 g/mol. The third-order valence-electron chi connectivity index (χ3n) is 5.90. The van der Waals surface area contributed by atoms with Gasteiger partial charge in [-0.25, -0.2) is 23.1 Å². The molecule has 0 aliphatic carbocycles. The van der Waals surface area contributed by atoms with E-state index in [-0.39, 0.29) is 29.5 Å². The molecule has 0 saturated carbocycles. The van der Waals surface area contributed by atoms with Gasteiger partial charge in [-0.15, -0.1) is 0 Å². The minimum atomic E-state index is -0.922. The van der Waals surface area contributed by atoms with Gasteiger partial charge in [-0.05, 0) is 37.5 Å². The Labute approximate surface area is 187 Å². The Morgan fingerprint density at radius 1 is 1.15 bits per heavy atom. The topological polar surface area (TPSA) is 71.1 Å². The zero-order chi connectivity index (χ0) is 23.1. The fourth-order valence-electron chi connectivity index (χ4n) is 4.34. The van der Waals surface area contributed by atoms with Crippen LogP contribution in [0.4, 0.5) is 8.78 Å². The molecule has 9 heteroatoms. The van der Waals surface area contributed by atoms with Crippen molar-refractivity contribution in [3.05, 3.63) is 92.4 Å². The van der Waals surface area contributed by atoms with Crippen molar-refractivity contribution < 1.29 is 13.5 Å². The maximum Gasteiger partial charge on any atom is 0.337 e. The zero-order valence-electron chi connectivity index (χ0n) is 18.0. The molecule has 33 heavy (non-hydrogen) atoms. The van der Waals surface area contributed by atoms with E-state index in [4.69, 9.17) is 4.74 Å². The molecular formula is C24H22F2N4O3. The summed E-state index contributed by atoms with van der Waals surface area (Å²) in [4.78, 5) is 31.2. The molecule has 0 bridgehead atoms. The zero-order valence-corrected chi connectivity index (χ0v) is 18.0. The molecule has 0 N–H and O–H groups in total. The second-order valence-electron chi connectivity index (χ2n) is 8.30. The van der Waals surface area contributed by atoms with E-state index in [1.807, 2.05) is 31.2 Å². The highest BCUT2D eigenvalue weighted by molar-refractivity contribution is 5.72. The number of nitrogens with zero attached hydrogens (tertiary/aromatic N) is 4. The van der Waals surface area contributed by atoms with E-state index >= 15 is 0 Å². The number of ether oxygens (including phenoxy) is 1. The molecule has 7 nitrogen and oxygen atoms in total. The lowest BCUT2D eigenvalue weighted by Crippen LogP contribution is -2.42. The first kappa shape index (κ1) is 21.3. The van der Waals surface area contributed by atoms with Gasteiger partial charge in [0.1, 0.15) is 11.6 Å². The molecule has 5 rings (SSSR count). The van der Waals surface area contributed by atoms with Crippen molar-refractivity contribution >= 4 is 11.2 Å². The van der Waals surface area contributed by atoms with E-state index in [2.05, 4.69) is 4.98 Å². The summed E-state index contributed by atoms with van der Waals surface area (Å²) in [5, 5.41) is 0. The molecule has 170 valence electrons. The van der Waals surface area contributed by atoms with Crippen LogP contribution in [0.25, 0.3) is 16.9 Å². The first-order chi connectivity index (χ1) is 15.9. The maximum absolute atomic E-state index is 14.7. The van der Waals surface area contributed by atoms with Gasteiger partial charge in [-0.1, -0.05) is 29.8 Å². The number of benzene rings is 2. The van der Waals surface area contributed by atoms with Gasteiger partial charge < -0.3 is 9.30 Å². The molecule has 0 radical (unpaired) electrons.